The van der Waals surface area contributed by atoms with Crippen LogP contribution in [-0.2, 0) is 0 Å². The predicted molar refractivity (Wildman–Crippen MR) is 73.9 cm³/mol. The number of aromatic nitrogens is 2. The van der Waals surface area contributed by atoms with Crippen molar-refractivity contribution in [1.29, 1.82) is 0 Å². The second-order valence-corrected chi connectivity index (χ2v) is 4.87. The zero-order valence-electron chi connectivity index (χ0n) is 10.3. The van der Waals surface area contributed by atoms with Crippen molar-refractivity contribution in [2.45, 2.75) is 18.9 Å². The summed E-state index contributed by atoms with van der Waals surface area (Å²) >= 11 is 0. The number of nitrogens with zero attached hydrogens (tertiary/aromatic N) is 2. The van der Waals surface area contributed by atoms with Crippen LogP contribution in [0.15, 0.2) is 47.1 Å². The molecule has 1 aliphatic rings. The van der Waals surface area contributed by atoms with Gasteiger partial charge in [0.05, 0.1) is 5.69 Å². The Morgan fingerprint density at radius 1 is 1.05 bits per heavy atom. The highest BCUT2D eigenvalue weighted by Gasteiger charge is 2.21. The van der Waals surface area contributed by atoms with E-state index in [1.165, 1.54) is 12.8 Å². The summed E-state index contributed by atoms with van der Waals surface area (Å²) in [5.41, 5.74) is 2.70. The third-order valence-electron chi connectivity index (χ3n) is 3.35. The van der Waals surface area contributed by atoms with Gasteiger partial charge in [-0.1, -0.05) is 18.2 Å². The summed E-state index contributed by atoms with van der Waals surface area (Å²) in [5.74, 6) is 0.846. The number of rotatable bonds is 3. The molecule has 0 spiro atoms. The largest absolute Gasteiger partial charge is 0.464 e. The minimum Gasteiger partial charge on any atom is -0.464 e. The topological polar surface area (TPSA) is 51.0 Å². The van der Waals surface area contributed by atoms with Crippen molar-refractivity contribution in [2.75, 3.05) is 5.32 Å². The fourth-order valence-electron chi connectivity index (χ4n) is 2.17. The molecule has 0 atom stereocenters. The van der Waals surface area contributed by atoms with Crippen LogP contribution in [0.4, 0.5) is 5.82 Å². The van der Waals surface area contributed by atoms with Gasteiger partial charge in [-0.3, -0.25) is 0 Å². The summed E-state index contributed by atoms with van der Waals surface area (Å²) < 4.78 is 5.52. The third kappa shape index (κ3) is 1.95. The number of furan rings is 1. The molecule has 0 aliphatic heterocycles. The summed E-state index contributed by atoms with van der Waals surface area (Å²) in [7, 11) is 0. The quantitative estimate of drug-likeness (QED) is 0.774. The van der Waals surface area contributed by atoms with Crippen LogP contribution in [0.1, 0.15) is 12.8 Å². The van der Waals surface area contributed by atoms with Gasteiger partial charge in [0.15, 0.2) is 0 Å². The number of benzene rings is 1. The van der Waals surface area contributed by atoms with E-state index in [1.54, 1.807) is 6.26 Å². The molecule has 94 valence electrons. The molecule has 1 N–H and O–H groups in total. The van der Waals surface area contributed by atoms with Gasteiger partial charge in [-0.15, -0.1) is 10.2 Å². The molecule has 1 aromatic carbocycles. The zero-order chi connectivity index (χ0) is 12.7. The van der Waals surface area contributed by atoms with E-state index in [0.29, 0.717) is 6.04 Å². The van der Waals surface area contributed by atoms with E-state index in [2.05, 4.69) is 15.5 Å². The molecule has 1 aliphatic carbocycles. The van der Waals surface area contributed by atoms with E-state index >= 15 is 0 Å². The van der Waals surface area contributed by atoms with Gasteiger partial charge in [0.1, 0.15) is 17.7 Å². The predicted octanol–water partition coefficient (Wildman–Crippen LogP) is 3.46. The maximum atomic E-state index is 5.52. The summed E-state index contributed by atoms with van der Waals surface area (Å²) in [6, 6.07) is 12.5. The number of anilines is 1. The lowest BCUT2D eigenvalue weighted by atomic mass is 10.1. The summed E-state index contributed by atoms with van der Waals surface area (Å²) in [6.07, 6.45) is 4.20. The molecular weight excluding hydrogens is 238 g/mol. The molecule has 0 bridgehead atoms. The third-order valence-corrected chi connectivity index (χ3v) is 3.35. The van der Waals surface area contributed by atoms with E-state index in [-0.39, 0.29) is 0 Å². The highest BCUT2D eigenvalue weighted by molar-refractivity contribution is 5.92. The molecule has 3 aromatic rings. The molecule has 1 fully saturated rings. The molecule has 0 unspecified atom stereocenters. The van der Waals surface area contributed by atoms with E-state index in [4.69, 9.17) is 4.42 Å². The Morgan fingerprint density at radius 3 is 2.74 bits per heavy atom. The van der Waals surface area contributed by atoms with Crippen LogP contribution in [0.3, 0.4) is 0 Å². The Kier molecular flexibility index (Phi) is 2.27. The molecule has 0 saturated heterocycles. The molecule has 4 nitrogen and oxygen atoms in total. The lowest BCUT2D eigenvalue weighted by Gasteiger charge is -2.02. The Morgan fingerprint density at radius 2 is 1.95 bits per heavy atom. The minimum atomic E-state index is 0.593. The van der Waals surface area contributed by atoms with E-state index in [9.17, 15) is 0 Å². The zero-order valence-corrected chi connectivity index (χ0v) is 10.3. The smallest absolute Gasteiger partial charge is 0.148 e. The first kappa shape index (κ1) is 10.6. The summed E-state index contributed by atoms with van der Waals surface area (Å²) in [6.45, 7) is 0. The van der Waals surface area contributed by atoms with Crippen LogP contribution >= 0.6 is 0 Å². The molecule has 0 radical (unpaired) electrons. The Labute approximate surface area is 110 Å². The van der Waals surface area contributed by atoms with Crippen LogP contribution in [0, 0.1) is 0 Å². The van der Waals surface area contributed by atoms with Gasteiger partial charge in [0.25, 0.3) is 0 Å². The average molecular weight is 251 g/mol. The lowest BCUT2D eigenvalue weighted by Crippen LogP contribution is -2.03. The van der Waals surface area contributed by atoms with E-state index < -0.39 is 0 Å². The van der Waals surface area contributed by atoms with Crippen molar-refractivity contribution in [1.82, 2.24) is 10.2 Å². The lowest BCUT2D eigenvalue weighted by molar-refractivity contribution is 0.616. The van der Waals surface area contributed by atoms with Gasteiger partial charge in [0, 0.05) is 17.0 Å². The number of hydrogen-bond acceptors (Lipinski definition) is 4. The van der Waals surface area contributed by atoms with Crippen molar-refractivity contribution in [3.63, 3.8) is 0 Å². The molecular formula is C15H13N3O. The fourth-order valence-corrected chi connectivity index (χ4v) is 2.17. The van der Waals surface area contributed by atoms with Gasteiger partial charge < -0.3 is 9.73 Å². The molecule has 4 heteroatoms. The van der Waals surface area contributed by atoms with E-state index in [0.717, 1.165) is 28.0 Å². The summed E-state index contributed by atoms with van der Waals surface area (Å²) in [5, 5.41) is 12.9. The number of nitrogens with one attached hydrogen (secondary N) is 1. The fraction of sp³-hybridized carbons (Fsp3) is 0.200. The van der Waals surface area contributed by atoms with Gasteiger partial charge in [-0.2, -0.15) is 0 Å². The highest BCUT2D eigenvalue weighted by Crippen LogP contribution is 2.29. The van der Waals surface area contributed by atoms with Crippen LogP contribution < -0.4 is 5.32 Å². The monoisotopic (exact) mass is 251 g/mol. The second kappa shape index (κ2) is 4.09. The SMILES string of the molecule is c1ccc2c(-c3ccc(NC4CC4)nn3)coc2c1. The minimum absolute atomic E-state index is 0.593. The van der Waals surface area contributed by atoms with Gasteiger partial charge in [-0.25, -0.2) is 0 Å². The highest BCUT2D eigenvalue weighted by atomic mass is 16.3. The number of para-hydroxylation sites is 1. The first-order valence-corrected chi connectivity index (χ1v) is 6.47. The maximum Gasteiger partial charge on any atom is 0.148 e. The average Bonchev–Trinajstić information content (AvgIpc) is 3.16. The van der Waals surface area contributed by atoms with Crippen molar-refractivity contribution in [3.05, 3.63) is 42.7 Å². The summed E-state index contributed by atoms with van der Waals surface area (Å²) in [4.78, 5) is 0. The molecule has 19 heavy (non-hydrogen) atoms. The Hall–Kier alpha value is -2.36. The van der Waals surface area contributed by atoms with Crippen LogP contribution in [0.5, 0.6) is 0 Å². The van der Waals surface area contributed by atoms with E-state index in [1.807, 2.05) is 36.4 Å². The Balaban J connectivity index is 1.70. The molecule has 4 rings (SSSR count). The van der Waals surface area contributed by atoms with Crippen LogP contribution in [0.25, 0.3) is 22.2 Å². The second-order valence-electron chi connectivity index (χ2n) is 4.87. The maximum absolute atomic E-state index is 5.52. The van der Waals surface area contributed by atoms with Crippen molar-refractivity contribution >= 4 is 16.8 Å². The molecule has 2 heterocycles. The molecule has 2 aromatic heterocycles. The van der Waals surface area contributed by atoms with Crippen LogP contribution in [0.2, 0.25) is 0 Å². The van der Waals surface area contributed by atoms with Gasteiger partial charge in [0.2, 0.25) is 0 Å². The molecule has 0 amide bonds. The number of hydrogen-bond donors (Lipinski definition) is 1. The van der Waals surface area contributed by atoms with Gasteiger partial charge in [-0.05, 0) is 31.0 Å². The van der Waals surface area contributed by atoms with Crippen molar-refractivity contribution in [3.8, 4) is 11.3 Å². The first-order valence-electron chi connectivity index (χ1n) is 6.47. The normalized spacial score (nSPS) is 14.7. The first-order chi connectivity index (χ1) is 9.40. The standard InChI is InChI=1S/C15H13N3O/c1-2-4-14-11(3-1)12(9-19-14)13-7-8-15(18-17-13)16-10-5-6-10/h1-4,7-10H,5-6H2,(H,16,18). The molecule has 1 saturated carbocycles. The van der Waals surface area contributed by atoms with Gasteiger partial charge >= 0.3 is 0 Å². The van der Waals surface area contributed by atoms with Crippen molar-refractivity contribution in [2.24, 2.45) is 0 Å². The Bertz CT molecular complexity index is 714. The van der Waals surface area contributed by atoms with Crippen LogP contribution in [-0.4, -0.2) is 16.2 Å². The number of fused-ring (bicyclic) bond motifs is 1. The van der Waals surface area contributed by atoms with Crippen molar-refractivity contribution < 1.29 is 4.42 Å².